The third kappa shape index (κ3) is 3.20. The topological polar surface area (TPSA) is 48.4 Å². The van der Waals surface area contributed by atoms with Gasteiger partial charge in [0.25, 0.3) is 0 Å². The second kappa shape index (κ2) is 4.93. The molecule has 3 nitrogen and oxygen atoms in total. The van der Waals surface area contributed by atoms with Crippen molar-refractivity contribution in [2.45, 2.75) is 13.0 Å². The van der Waals surface area contributed by atoms with Crippen LogP contribution in [0, 0.1) is 0 Å². The fourth-order valence-corrected chi connectivity index (χ4v) is 0.753. The summed E-state index contributed by atoms with van der Waals surface area (Å²) < 4.78 is 10.3. The number of hydrogen-bond donors (Lipinski definition) is 1. The van der Waals surface area contributed by atoms with Crippen LogP contribution in [0.5, 0.6) is 0 Å². The molecule has 0 bridgehead atoms. The SMILES string of the molecule is NCCCOCc1ccco1. The van der Waals surface area contributed by atoms with Gasteiger partial charge < -0.3 is 14.9 Å². The number of hydrogen-bond acceptors (Lipinski definition) is 3. The first kappa shape index (κ1) is 8.30. The van der Waals surface area contributed by atoms with Gasteiger partial charge in [-0.1, -0.05) is 0 Å². The van der Waals surface area contributed by atoms with Crippen LogP contribution in [0.4, 0.5) is 0 Å². The Hall–Kier alpha value is -0.800. The van der Waals surface area contributed by atoms with Gasteiger partial charge in [0.1, 0.15) is 12.4 Å². The highest BCUT2D eigenvalue weighted by atomic mass is 16.5. The highest BCUT2D eigenvalue weighted by Gasteiger charge is 1.93. The highest BCUT2D eigenvalue weighted by Crippen LogP contribution is 2.01. The van der Waals surface area contributed by atoms with Crippen molar-refractivity contribution in [3.8, 4) is 0 Å². The van der Waals surface area contributed by atoms with Crippen LogP contribution in [0.25, 0.3) is 0 Å². The molecule has 62 valence electrons. The largest absolute Gasteiger partial charge is 0.467 e. The maximum atomic E-state index is 5.28. The van der Waals surface area contributed by atoms with Crippen LogP contribution in [-0.2, 0) is 11.3 Å². The Morgan fingerprint density at radius 2 is 2.45 bits per heavy atom. The van der Waals surface area contributed by atoms with Gasteiger partial charge in [-0.15, -0.1) is 0 Å². The molecule has 1 aromatic heterocycles. The zero-order chi connectivity index (χ0) is 7.94. The maximum absolute atomic E-state index is 5.28. The van der Waals surface area contributed by atoms with E-state index in [2.05, 4.69) is 0 Å². The molecule has 1 aromatic rings. The van der Waals surface area contributed by atoms with Crippen molar-refractivity contribution in [3.05, 3.63) is 24.2 Å². The van der Waals surface area contributed by atoms with E-state index in [4.69, 9.17) is 14.9 Å². The van der Waals surface area contributed by atoms with E-state index >= 15 is 0 Å². The molecule has 0 amide bonds. The second-order valence-electron chi connectivity index (χ2n) is 2.27. The lowest BCUT2D eigenvalue weighted by Crippen LogP contribution is -2.03. The molecule has 0 unspecified atom stereocenters. The standard InChI is InChI=1S/C8H13NO2/c9-4-2-5-10-7-8-3-1-6-11-8/h1,3,6H,2,4-5,7,9H2. The molecule has 1 heterocycles. The molecule has 0 aliphatic rings. The average molecular weight is 155 g/mol. The predicted molar refractivity (Wildman–Crippen MR) is 42.0 cm³/mol. The molecule has 0 saturated heterocycles. The van der Waals surface area contributed by atoms with Crippen LogP contribution in [-0.4, -0.2) is 13.2 Å². The Bertz CT molecular complexity index is 172. The van der Waals surface area contributed by atoms with Gasteiger partial charge in [-0.25, -0.2) is 0 Å². The average Bonchev–Trinajstić information content (AvgIpc) is 2.50. The Balaban J connectivity index is 2.04. The number of furan rings is 1. The van der Waals surface area contributed by atoms with E-state index in [1.54, 1.807) is 6.26 Å². The van der Waals surface area contributed by atoms with E-state index in [-0.39, 0.29) is 0 Å². The molecule has 0 saturated carbocycles. The quantitative estimate of drug-likeness (QED) is 0.649. The first-order valence-electron chi connectivity index (χ1n) is 3.73. The van der Waals surface area contributed by atoms with Crippen LogP contribution in [0.15, 0.2) is 22.8 Å². The van der Waals surface area contributed by atoms with E-state index in [1.165, 1.54) is 0 Å². The summed E-state index contributed by atoms with van der Waals surface area (Å²) in [5.41, 5.74) is 5.28. The van der Waals surface area contributed by atoms with Crippen molar-refractivity contribution in [1.82, 2.24) is 0 Å². The summed E-state index contributed by atoms with van der Waals surface area (Å²) in [6, 6.07) is 3.74. The summed E-state index contributed by atoms with van der Waals surface area (Å²) >= 11 is 0. The third-order valence-electron chi connectivity index (χ3n) is 1.32. The zero-order valence-electron chi connectivity index (χ0n) is 6.45. The smallest absolute Gasteiger partial charge is 0.129 e. The summed E-state index contributed by atoms with van der Waals surface area (Å²) in [6.07, 6.45) is 2.54. The van der Waals surface area contributed by atoms with Gasteiger partial charge in [0.2, 0.25) is 0 Å². The van der Waals surface area contributed by atoms with Crippen molar-refractivity contribution in [3.63, 3.8) is 0 Å². The van der Waals surface area contributed by atoms with E-state index < -0.39 is 0 Å². The van der Waals surface area contributed by atoms with Gasteiger partial charge in [-0.3, -0.25) is 0 Å². The van der Waals surface area contributed by atoms with Crippen molar-refractivity contribution in [2.75, 3.05) is 13.2 Å². The van der Waals surface area contributed by atoms with Gasteiger partial charge in [0.05, 0.1) is 6.26 Å². The molecule has 0 aliphatic carbocycles. The lowest BCUT2D eigenvalue weighted by atomic mass is 10.4. The molecule has 0 spiro atoms. The monoisotopic (exact) mass is 155 g/mol. The normalized spacial score (nSPS) is 10.3. The Morgan fingerprint density at radius 1 is 1.55 bits per heavy atom. The molecule has 0 fully saturated rings. The van der Waals surface area contributed by atoms with Gasteiger partial charge in [0.15, 0.2) is 0 Å². The molecule has 0 radical (unpaired) electrons. The van der Waals surface area contributed by atoms with Gasteiger partial charge in [-0.05, 0) is 25.1 Å². The molecule has 0 atom stereocenters. The molecule has 11 heavy (non-hydrogen) atoms. The number of nitrogens with two attached hydrogens (primary N) is 1. The van der Waals surface area contributed by atoms with E-state index in [0.717, 1.165) is 12.2 Å². The summed E-state index contributed by atoms with van der Waals surface area (Å²) in [6.45, 7) is 1.93. The number of rotatable bonds is 5. The molecular formula is C8H13NO2. The Kier molecular flexibility index (Phi) is 3.72. The van der Waals surface area contributed by atoms with Crippen LogP contribution >= 0.6 is 0 Å². The van der Waals surface area contributed by atoms with Crippen molar-refractivity contribution in [1.29, 1.82) is 0 Å². The van der Waals surface area contributed by atoms with E-state index in [9.17, 15) is 0 Å². The summed E-state index contributed by atoms with van der Waals surface area (Å²) in [7, 11) is 0. The maximum Gasteiger partial charge on any atom is 0.129 e. The predicted octanol–water partition coefficient (Wildman–Crippen LogP) is 1.15. The minimum absolute atomic E-state index is 0.549. The molecular weight excluding hydrogens is 142 g/mol. The molecule has 0 aliphatic heterocycles. The molecule has 1 rings (SSSR count). The third-order valence-corrected chi connectivity index (χ3v) is 1.32. The highest BCUT2D eigenvalue weighted by molar-refractivity contribution is 4.95. The first-order valence-corrected chi connectivity index (χ1v) is 3.73. The van der Waals surface area contributed by atoms with Crippen LogP contribution in [0.2, 0.25) is 0 Å². The number of ether oxygens (including phenoxy) is 1. The minimum atomic E-state index is 0.549. The van der Waals surface area contributed by atoms with Crippen molar-refractivity contribution in [2.24, 2.45) is 5.73 Å². The van der Waals surface area contributed by atoms with Crippen LogP contribution in [0.1, 0.15) is 12.2 Å². The van der Waals surface area contributed by atoms with E-state index in [1.807, 2.05) is 12.1 Å². The summed E-state index contributed by atoms with van der Waals surface area (Å²) in [4.78, 5) is 0. The van der Waals surface area contributed by atoms with Crippen LogP contribution < -0.4 is 5.73 Å². The molecule has 0 aromatic carbocycles. The van der Waals surface area contributed by atoms with Gasteiger partial charge >= 0.3 is 0 Å². The van der Waals surface area contributed by atoms with Gasteiger partial charge in [0, 0.05) is 6.61 Å². The fraction of sp³-hybridized carbons (Fsp3) is 0.500. The van der Waals surface area contributed by atoms with Gasteiger partial charge in [-0.2, -0.15) is 0 Å². The molecule has 2 N–H and O–H groups in total. The Labute approximate surface area is 66.1 Å². The lowest BCUT2D eigenvalue weighted by Gasteiger charge is -1.98. The van der Waals surface area contributed by atoms with E-state index in [0.29, 0.717) is 19.8 Å². The minimum Gasteiger partial charge on any atom is -0.467 e. The lowest BCUT2D eigenvalue weighted by molar-refractivity contribution is 0.105. The zero-order valence-corrected chi connectivity index (χ0v) is 6.45. The second-order valence-corrected chi connectivity index (χ2v) is 2.27. The van der Waals surface area contributed by atoms with Crippen LogP contribution in [0.3, 0.4) is 0 Å². The Morgan fingerprint density at radius 3 is 3.09 bits per heavy atom. The van der Waals surface area contributed by atoms with Crippen molar-refractivity contribution < 1.29 is 9.15 Å². The van der Waals surface area contributed by atoms with Crippen molar-refractivity contribution >= 4 is 0 Å². The first-order chi connectivity index (χ1) is 5.43. The summed E-state index contributed by atoms with van der Waals surface area (Å²) in [5.74, 6) is 0.863. The summed E-state index contributed by atoms with van der Waals surface area (Å²) in [5, 5.41) is 0. The fourth-order valence-electron chi connectivity index (χ4n) is 0.753. The molecule has 3 heteroatoms.